The van der Waals surface area contributed by atoms with Gasteiger partial charge in [0.1, 0.15) is 11.2 Å². The van der Waals surface area contributed by atoms with Crippen molar-refractivity contribution >= 4 is 17.3 Å². The average Bonchev–Trinajstić information content (AvgIpc) is 2.43. The van der Waals surface area contributed by atoms with Crippen molar-refractivity contribution in [3.05, 3.63) is 33.9 Å². The fourth-order valence-electron chi connectivity index (χ4n) is 2.80. The van der Waals surface area contributed by atoms with Crippen molar-refractivity contribution in [3.63, 3.8) is 0 Å². The van der Waals surface area contributed by atoms with Gasteiger partial charge >= 0.3 is 5.97 Å². The second-order valence-corrected chi connectivity index (χ2v) is 5.97. The van der Waals surface area contributed by atoms with Gasteiger partial charge in [0.2, 0.25) is 0 Å². The first-order chi connectivity index (χ1) is 9.84. The van der Waals surface area contributed by atoms with Crippen LogP contribution in [-0.4, -0.2) is 21.5 Å². The molecule has 1 aromatic rings. The predicted octanol–water partition coefficient (Wildman–Crippen LogP) is 3.35. The summed E-state index contributed by atoms with van der Waals surface area (Å²) in [5, 5.41) is 23.7. The molecule has 0 saturated heterocycles. The number of carboxylic acids is 1. The van der Waals surface area contributed by atoms with Crippen molar-refractivity contribution in [3.8, 4) is 0 Å². The Morgan fingerprint density at radius 3 is 2.57 bits per heavy atom. The van der Waals surface area contributed by atoms with Crippen LogP contribution in [-0.2, 0) is 4.79 Å². The van der Waals surface area contributed by atoms with Crippen LogP contribution in [0.1, 0.15) is 38.2 Å². The first kappa shape index (κ1) is 15.3. The summed E-state index contributed by atoms with van der Waals surface area (Å²) in [6, 6.07) is 4.80. The number of hydrogen-bond donors (Lipinski definition) is 2. The van der Waals surface area contributed by atoms with Crippen LogP contribution in [0.4, 0.5) is 11.4 Å². The Labute approximate surface area is 123 Å². The molecule has 6 nitrogen and oxygen atoms in total. The van der Waals surface area contributed by atoms with E-state index in [0.717, 1.165) is 18.4 Å². The van der Waals surface area contributed by atoms with E-state index in [0.29, 0.717) is 18.8 Å². The third kappa shape index (κ3) is 3.15. The molecule has 114 valence electrons. The molecule has 0 unspecified atom stereocenters. The minimum atomic E-state index is -1.10. The zero-order valence-corrected chi connectivity index (χ0v) is 12.3. The maximum Gasteiger partial charge on any atom is 0.329 e. The maximum absolute atomic E-state index is 11.7. The standard InChI is InChI=1S/C15H20N2O4/c1-10-5-7-15(8-6-10,14(18)19)16-12-4-3-11(2)9-13(12)17(20)21/h3-4,9-10,16H,5-8H2,1-2H3,(H,18,19). The molecule has 0 aromatic heterocycles. The van der Waals surface area contributed by atoms with Crippen LogP contribution >= 0.6 is 0 Å². The number of nitro benzene ring substituents is 1. The van der Waals surface area contributed by atoms with Crippen LogP contribution < -0.4 is 5.32 Å². The lowest BCUT2D eigenvalue weighted by Gasteiger charge is -2.37. The van der Waals surface area contributed by atoms with E-state index in [1.807, 2.05) is 0 Å². The van der Waals surface area contributed by atoms with E-state index in [1.165, 1.54) is 6.07 Å². The topological polar surface area (TPSA) is 92.5 Å². The van der Waals surface area contributed by atoms with Gasteiger partial charge in [0.05, 0.1) is 4.92 Å². The average molecular weight is 292 g/mol. The van der Waals surface area contributed by atoms with E-state index < -0.39 is 16.4 Å². The molecule has 0 atom stereocenters. The molecule has 0 amide bonds. The molecule has 0 bridgehead atoms. The largest absolute Gasteiger partial charge is 0.480 e. The molecule has 21 heavy (non-hydrogen) atoms. The van der Waals surface area contributed by atoms with Gasteiger partial charge in [-0.2, -0.15) is 0 Å². The van der Waals surface area contributed by atoms with Crippen LogP contribution in [0.2, 0.25) is 0 Å². The molecule has 0 radical (unpaired) electrons. The maximum atomic E-state index is 11.7. The molecule has 1 aliphatic rings. The number of nitrogens with zero attached hydrogens (tertiary/aromatic N) is 1. The summed E-state index contributed by atoms with van der Waals surface area (Å²) >= 11 is 0. The highest BCUT2D eigenvalue weighted by Crippen LogP contribution is 2.37. The molecule has 6 heteroatoms. The van der Waals surface area contributed by atoms with Gasteiger partial charge in [-0.05, 0) is 50.2 Å². The monoisotopic (exact) mass is 292 g/mol. The highest BCUT2D eigenvalue weighted by atomic mass is 16.6. The van der Waals surface area contributed by atoms with Gasteiger partial charge in [0.15, 0.2) is 0 Å². The Morgan fingerprint density at radius 2 is 2.05 bits per heavy atom. The predicted molar refractivity (Wildman–Crippen MR) is 79.5 cm³/mol. The molecule has 2 rings (SSSR count). The molecule has 0 aliphatic heterocycles. The Bertz CT molecular complexity index is 563. The minimum absolute atomic E-state index is 0.0748. The zero-order valence-electron chi connectivity index (χ0n) is 12.3. The van der Waals surface area contributed by atoms with Crippen molar-refractivity contribution in [1.82, 2.24) is 0 Å². The van der Waals surface area contributed by atoms with E-state index in [2.05, 4.69) is 12.2 Å². The van der Waals surface area contributed by atoms with Crippen molar-refractivity contribution in [2.45, 2.75) is 45.1 Å². The van der Waals surface area contributed by atoms with E-state index in [-0.39, 0.29) is 11.4 Å². The number of nitrogens with one attached hydrogen (secondary N) is 1. The van der Waals surface area contributed by atoms with Gasteiger partial charge in [0.25, 0.3) is 5.69 Å². The fourth-order valence-corrected chi connectivity index (χ4v) is 2.80. The molecule has 2 N–H and O–H groups in total. The normalized spacial score (nSPS) is 25.3. The first-order valence-corrected chi connectivity index (χ1v) is 7.11. The van der Waals surface area contributed by atoms with E-state index in [4.69, 9.17) is 0 Å². The molecular formula is C15H20N2O4. The summed E-state index contributed by atoms with van der Waals surface area (Å²) in [4.78, 5) is 22.4. The number of carboxylic acid groups (broad SMARTS) is 1. The molecule has 1 saturated carbocycles. The zero-order chi connectivity index (χ0) is 15.6. The lowest BCUT2D eigenvalue weighted by Crippen LogP contribution is -2.49. The molecule has 1 fully saturated rings. The summed E-state index contributed by atoms with van der Waals surface area (Å²) in [5.41, 5.74) is -0.127. The van der Waals surface area contributed by atoms with Crippen molar-refractivity contribution in [1.29, 1.82) is 0 Å². The Hall–Kier alpha value is -2.11. The van der Waals surface area contributed by atoms with Crippen LogP contribution in [0.25, 0.3) is 0 Å². The van der Waals surface area contributed by atoms with Crippen molar-refractivity contribution < 1.29 is 14.8 Å². The van der Waals surface area contributed by atoms with Gasteiger partial charge < -0.3 is 10.4 Å². The third-order valence-corrected chi connectivity index (χ3v) is 4.26. The second-order valence-electron chi connectivity index (χ2n) is 5.97. The summed E-state index contributed by atoms with van der Waals surface area (Å²) < 4.78 is 0. The number of rotatable bonds is 4. The lowest BCUT2D eigenvalue weighted by molar-refractivity contribution is -0.384. The third-order valence-electron chi connectivity index (χ3n) is 4.26. The summed E-state index contributed by atoms with van der Waals surface area (Å²) in [5.74, 6) is -0.448. The van der Waals surface area contributed by atoms with Gasteiger partial charge in [-0.3, -0.25) is 10.1 Å². The molecular weight excluding hydrogens is 272 g/mol. The first-order valence-electron chi connectivity index (χ1n) is 7.11. The number of aliphatic carboxylic acids is 1. The highest BCUT2D eigenvalue weighted by molar-refractivity contribution is 5.84. The SMILES string of the molecule is Cc1ccc(NC2(C(=O)O)CCC(C)CC2)c([N+](=O)[O-])c1. The summed E-state index contributed by atoms with van der Waals surface area (Å²) in [6.07, 6.45) is 2.57. The van der Waals surface area contributed by atoms with Crippen LogP contribution in [0.5, 0.6) is 0 Å². The van der Waals surface area contributed by atoms with Gasteiger partial charge in [-0.15, -0.1) is 0 Å². The Kier molecular flexibility index (Phi) is 4.16. The quantitative estimate of drug-likeness (QED) is 0.655. The number of hydrogen-bond acceptors (Lipinski definition) is 4. The molecule has 1 aromatic carbocycles. The second kappa shape index (κ2) is 5.71. The smallest absolute Gasteiger partial charge is 0.329 e. The Balaban J connectivity index is 2.34. The number of carbonyl (C=O) groups is 1. The van der Waals surface area contributed by atoms with Crippen molar-refractivity contribution in [2.24, 2.45) is 5.92 Å². The van der Waals surface area contributed by atoms with E-state index in [9.17, 15) is 20.0 Å². The van der Waals surface area contributed by atoms with Crippen LogP contribution in [0.3, 0.4) is 0 Å². The van der Waals surface area contributed by atoms with Gasteiger partial charge in [0, 0.05) is 6.07 Å². The van der Waals surface area contributed by atoms with Gasteiger partial charge in [-0.25, -0.2) is 4.79 Å². The van der Waals surface area contributed by atoms with Crippen LogP contribution in [0.15, 0.2) is 18.2 Å². The highest BCUT2D eigenvalue weighted by Gasteiger charge is 2.42. The molecule has 0 spiro atoms. The van der Waals surface area contributed by atoms with Crippen LogP contribution in [0, 0.1) is 23.0 Å². The number of anilines is 1. The minimum Gasteiger partial charge on any atom is -0.480 e. The number of nitro groups is 1. The summed E-state index contributed by atoms with van der Waals surface area (Å²) in [6.45, 7) is 3.87. The fraction of sp³-hybridized carbons (Fsp3) is 0.533. The molecule has 1 aliphatic carbocycles. The number of aryl methyl sites for hydroxylation is 1. The lowest BCUT2D eigenvalue weighted by atomic mass is 9.77. The Morgan fingerprint density at radius 1 is 1.43 bits per heavy atom. The summed E-state index contributed by atoms with van der Waals surface area (Å²) in [7, 11) is 0. The van der Waals surface area contributed by atoms with Gasteiger partial charge in [-0.1, -0.05) is 13.0 Å². The number of benzene rings is 1. The van der Waals surface area contributed by atoms with E-state index in [1.54, 1.807) is 19.1 Å². The molecule has 0 heterocycles. The van der Waals surface area contributed by atoms with E-state index >= 15 is 0 Å². The van der Waals surface area contributed by atoms with Crippen molar-refractivity contribution in [2.75, 3.05) is 5.32 Å².